The van der Waals surface area contributed by atoms with Crippen molar-refractivity contribution in [2.24, 2.45) is 5.11 Å². The van der Waals surface area contributed by atoms with E-state index >= 15 is 0 Å². The molecule has 22 nitrogen and oxygen atoms in total. The first-order valence-electron chi connectivity index (χ1n) is 22.0. The van der Waals surface area contributed by atoms with Crippen LogP contribution < -0.4 is 9.44 Å². The molecule has 0 radical (unpaired) electrons. The molecule has 9 rings (SSSR count). The van der Waals surface area contributed by atoms with E-state index in [-0.39, 0.29) is 59.6 Å². The Bertz CT molecular complexity index is 3210. The van der Waals surface area contributed by atoms with Crippen LogP contribution in [-0.2, 0) is 55.5 Å². The van der Waals surface area contributed by atoms with Crippen molar-refractivity contribution in [3.8, 4) is 33.7 Å². The van der Waals surface area contributed by atoms with Crippen LogP contribution in [0.3, 0.4) is 0 Å². The number of terminal acetylenes is 1. The number of likely N-dealkylation sites (tertiary alicyclic amines) is 2. The molecule has 0 saturated carbocycles. The minimum absolute atomic E-state index is 0.00825. The van der Waals surface area contributed by atoms with Gasteiger partial charge >= 0.3 is 33.1 Å². The number of nitrogens with zero attached hydrogens (tertiary/aromatic N) is 12. The predicted molar refractivity (Wildman–Crippen MR) is 297 cm³/mol. The van der Waals surface area contributed by atoms with Crippen LogP contribution in [0, 0.1) is 19.5 Å². The Kier molecular flexibility index (Phi) is 23.2. The standard InChI is InChI=1S/C22H22IN7O4S2.C13H14N6O2S.C9H8INO2S.Cu.HI/c23-16-3-5-18(6-4-16)36(32,33)24-12-17-13-30(28-26-17)14-20(31)29-9-7-15(8-10-29)22-25-21(27-34-22)19-2-1-11-35-19;14-18-15-8-11(20)19-5-3-9(4-6-19)13-16-12(17-21-13)10-2-1-7-22-10;1-2-7-11-14(12,13)9-5-3-8(10)4-6-9;;/h1-6,11,13,15,24H,7-10,12,14H2;1-2,7,9H,3-6,8H2;1,3-6,11H,7H2;;1H/q;;;+1;/p-1. The fourth-order valence-corrected chi connectivity index (χ4v) is 11.1. The number of hydrogen-bond acceptors (Lipinski definition) is 17. The largest absolute Gasteiger partial charge is 0.343 e. The molecule has 2 aromatic carbocycles. The number of amides is 2. The molecule has 2 saturated heterocycles. The fraction of sp³-hybridized carbons (Fsp3) is 0.318. The molecular formula is C44H44CuI3N14O8S4. The number of carbonyl (C=O) groups excluding carboxylic acids is 2. The molecule has 0 spiro atoms. The second kappa shape index (κ2) is 29.2. The number of nitrogens with one attached hydrogen (secondary N) is 2. The van der Waals surface area contributed by atoms with Gasteiger partial charge in [-0.2, -0.15) is 14.7 Å². The van der Waals surface area contributed by atoms with Crippen molar-refractivity contribution in [3.63, 3.8) is 0 Å². The third-order valence-corrected chi connectivity index (χ3v) is 17.0. The molecule has 74 heavy (non-hydrogen) atoms. The van der Waals surface area contributed by atoms with Gasteiger partial charge < -0.3 is 18.8 Å². The first-order chi connectivity index (χ1) is 35.7. The maximum Gasteiger partial charge on any atom is 0.230 e. The van der Waals surface area contributed by atoms with Gasteiger partial charge in [0.25, 0.3) is 0 Å². The SMILES string of the molecule is C#CCNS(=O)(=O)c1ccc(I)cc1.O=C(Cn1cc(CNS(=O)(=O)c2ccc(I)cc2)nn1)N1CCC(c2nc(-c3cccs3)no2)CC1.[Cu][I].[N-]=[N+]=NCC(=O)N1CCC(c2nc(-c3cccs3)no2)CC1. The Balaban J connectivity index is 0.000000199. The molecule has 30 heteroatoms. The summed E-state index contributed by atoms with van der Waals surface area (Å²) in [7, 11) is -7.10. The summed E-state index contributed by atoms with van der Waals surface area (Å²) in [6, 6.07) is 20.9. The van der Waals surface area contributed by atoms with E-state index < -0.39 is 20.0 Å². The van der Waals surface area contributed by atoms with Crippen LogP contribution in [-0.4, -0.2) is 113 Å². The van der Waals surface area contributed by atoms with Crippen LogP contribution in [0.5, 0.6) is 0 Å². The molecule has 5 aromatic heterocycles. The maximum absolute atomic E-state index is 12.8. The second-order valence-electron chi connectivity index (χ2n) is 15.7. The van der Waals surface area contributed by atoms with Gasteiger partial charge in [-0.3, -0.25) is 9.59 Å². The number of hydrogen-bond donors (Lipinski definition) is 2. The van der Waals surface area contributed by atoms with Crippen molar-refractivity contribution in [1.82, 2.24) is 54.5 Å². The number of carbonyl (C=O) groups is 2. The van der Waals surface area contributed by atoms with Gasteiger partial charge in [0.05, 0.1) is 44.5 Å². The van der Waals surface area contributed by atoms with Crippen LogP contribution in [0.25, 0.3) is 31.8 Å². The van der Waals surface area contributed by atoms with Gasteiger partial charge in [-0.15, -0.1) is 34.2 Å². The molecule has 2 aliphatic rings. The van der Waals surface area contributed by atoms with E-state index in [1.54, 1.807) is 108 Å². The Labute approximate surface area is 481 Å². The molecule has 2 amide bonds. The van der Waals surface area contributed by atoms with Gasteiger partial charge in [-0.25, -0.2) is 26.2 Å². The zero-order valence-electron chi connectivity index (χ0n) is 38.6. The van der Waals surface area contributed by atoms with E-state index in [9.17, 15) is 26.4 Å². The van der Waals surface area contributed by atoms with Gasteiger partial charge in [-0.05, 0) is 148 Å². The van der Waals surface area contributed by atoms with E-state index in [2.05, 4.69) is 114 Å². The zero-order valence-corrected chi connectivity index (χ0v) is 49.3. The van der Waals surface area contributed by atoms with Gasteiger partial charge in [0.2, 0.25) is 55.3 Å². The first-order valence-corrected chi connectivity index (χ1v) is 31.9. The van der Waals surface area contributed by atoms with Crippen LogP contribution in [0.15, 0.2) is 114 Å². The third-order valence-electron chi connectivity index (χ3n) is 11.0. The molecule has 0 aliphatic carbocycles. The quantitative estimate of drug-likeness (QED) is 0.0248. The molecule has 7 aromatic rings. The minimum atomic E-state index is -3.67. The number of rotatable bonds is 15. The van der Waals surface area contributed by atoms with E-state index in [1.165, 1.54) is 4.68 Å². The average Bonchev–Trinajstić information content (AvgIpc) is 4.29. The smallest absolute Gasteiger partial charge is 0.230 e. The fourth-order valence-electron chi connectivity index (χ4n) is 7.19. The molecule has 7 heterocycles. The number of piperidine rings is 2. The summed E-state index contributed by atoms with van der Waals surface area (Å²) in [6.07, 6.45) is 9.55. The van der Waals surface area contributed by atoms with Crippen molar-refractivity contribution < 1.29 is 48.2 Å². The molecule has 0 unspecified atom stereocenters. The van der Waals surface area contributed by atoms with E-state index in [0.717, 1.165) is 42.6 Å². The Morgan fingerprint density at radius 3 is 1.69 bits per heavy atom. The molecule has 394 valence electrons. The number of sulfonamides is 2. The van der Waals surface area contributed by atoms with Gasteiger partial charge in [0.1, 0.15) is 13.1 Å². The monoisotopic (exact) mass is 1470 g/mol. The second-order valence-corrected chi connectivity index (χ2v) is 23.7. The molecular weight excluding hydrogens is 1430 g/mol. The summed E-state index contributed by atoms with van der Waals surface area (Å²) in [4.78, 5) is 42.0. The van der Waals surface area contributed by atoms with Gasteiger partial charge in [0, 0.05) is 50.1 Å². The Morgan fingerprint density at radius 1 is 0.770 bits per heavy atom. The third kappa shape index (κ3) is 17.3. The topological polar surface area (TPSA) is 290 Å². The number of halogens is 3. The summed E-state index contributed by atoms with van der Waals surface area (Å²) in [6.45, 7) is 2.28. The van der Waals surface area contributed by atoms with Crippen molar-refractivity contribution in [2.45, 2.75) is 60.4 Å². The number of benzene rings is 2. The zero-order chi connectivity index (χ0) is 53.1. The summed E-state index contributed by atoms with van der Waals surface area (Å²) in [5.41, 5.74) is 8.67. The first kappa shape index (κ1) is 58.9. The van der Waals surface area contributed by atoms with Gasteiger partial charge in [-0.1, -0.05) is 38.7 Å². The van der Waals surface area contributed by atoms with Crippen molar-refractivity contribution in [3.05, 3.63) is 125 Å². The molecule has 0 bridgehead atoms. The van der Waals surface area contributed by atoms with Crippen LogP contribution in [0.4, 0.5) is 0 Å². The maximum atomic E-state index is 12.8. The van der Waals surface area contributed by atoms with Crippen molar-refractivity contribution in [1.29, 1.82) is 0 Å². The van der Waals surface area contributed by atoms with Crippen LogP contribution >= 0.6 is 88.2 Å². The number of thiophene rings is 2. The predicted octanol–water partition coefficient (Wildman–Crippen LogP) is 7.78. The molecule has 2 N–H and O–H groups in total. The van der Waals surface area contributed by atoms with Crippen LogP contribution in [0.2, 0.25) is 0 Å². The van der Waals surface area contributed by atoms with Crippen LogP contribution in [0.1, 0.15) is 55.0 Å². The molecule has 0 atom stereocenters. The number of azide groups is 1. The normalized spacial score (nSPS) is 14.0. The van der Waals surface area contributed by atoms with E-state index in [0.29, 0.717) is 55.3 Å². The van der Waals surface area contributed by atoms with Crippen molar-refractivity contribution >= 4 is 120 Å². The van der Waals surface area contributed by atoms with E-state index in [1.807, 2.05) is 35.0 Å². The summed E-state index contributed by atoms with van der Waals surface area (Å²) >= 11 is 13.2. The van der Waals surface area contributed by atoms with Gasteiger partial charge in [0.15, 0.2) is 0 Å². The van der Waals surface area contributed by atoms with Crippen molar-refractivity contribution in [2.75, 3.05) is 39.3 Å². The summed E-state index contributed by atoms with van der Waals surface area (Å²) < 4.78 is 66.9. The average molecular weight is 1470 g/mol. The summed E-state index contributed by atoms with van der Waals surface area (Å²) in [5.74, 6) is 4.75. The van der Waals surface area contributed by atoms with E-state index in [4.69, 9.17) is 21.0 Å². The summed E-state index contributed by atoms with van der Waals surface area (Å²) in [5, 5.41) is 23.3. The Hall–Kier alpha value is -4.40. The molecule has 2 fully saturated rings. The molecule has 2 aliphatic heterocycles. The number of aromatic nitrogens is 7. The minimum Gasteiger partial charge on any atom is -0.343 e. The Morgan fingerprint density at radius 2 is 1.24 bits per heavy atom.